The summed E-state index contributed by atoms with van der Waals surface area (Å²) in [5, 5.41) is 5.73. The third-order valence-corrected chi connectivity index (χ3v) is 4.59. The van der Waals surface area contributed by atoms with Crippen LogP contribution in [0.4, 0.5) is 0 Å². The number of nitrogens with one attached hydrogen (secondary N) is 1. The molecular formula is C16H19N3OS. The minimum absolute atomic E-state index is 0.0354. The summed E-state index contributed by atoms with van der Waals surface area (Å²) in [6, 6.07) is 6.06. The molecule has 110 valence electrons. The molecule has 3 aromatic heterocycles. The zero-order chi connectivity index (χ0) is 14.7. The van der Waals surface area contributed by atoms with Crippen LogP contribution in [0.3, 0.4) is 0 Å². The second kappa shape index (κ2) is 6.28. The zero-order valence-electron chi connectivity index (χ0n) is 12.2. The molecule has 1 atom stereocenters. The molecule has 0 aliphatic carbocycles. The van der Waals surface area contributed by atoms with E-state index in [1.54, 1.807) is 17.6 Å². The first-order valence-electron chi connectivity index (χ1n) is 7.08. The van der Waals surface area contributed by atoms with Gasteiger partial charge in [0.2, 0.25) is 0 Å². The van der Waals surface area contributed by atoms with Gasteiger partial charge in [-0.2, -0.15) is 0 Å². The van der Waals surface area contributed by atoms with Crippen molar-refractivity contribution in [2.45, 2.75) is 25.9 Å². The fourth-order valence-corrected chi connectivity index (χ4v) is 3.39. The maximum atomic E-state index is 5.59. The third kappa shape index (κ3) is 2.94. The number of nitrogens with zero attached hydrogens (tertiary/aromatic N) is 2. The lowest BCUT2D eigenvalue weighted by Crippen LogP contribution is -2.24. The molecule has 3 aromatic rings. The van der Waals surface area contributed by atoms with Crippen molar-refractivity contribution in [2.75, 3.05) is 0 Å². The van der Waals surface area contributed by atoms with Crippen LogP contribution >= 0.6 is 11.3 Å². The van der Waals surface area contributed by atoms with Gasteiger partial charge in [0.05, 0.1) is 6.26 Å². The predicted molar refractivity (Wildman–Crippen MR) is 84.3 cm³/mol. The standard InChI is InChI=1S/C16H19N3OS/c1-3-12-6-10-21-14(12)11-18-15(13-5-4-9-20-13)16-17-7-8-19(16)2/h4-10,15,18H,3,11H2,1-2H3. The lowest BCUT2D eigenvalue weighted by Gasteiger charge is -2.16. The van der Waals surface area contributed by atoms with Gasteiger partial charge in [-0.1, -0.05) is 6.92 Å². The van der Waals surface area contributed by atoms with E-state index >= 15 is 0 Å². The Morgan fingerprint density at radius 1 is 1.43 bits per heavy atom. The van der Waals surface area contributed by atoms with Gasteiger partial charge >= 0.3 is 0 Å². The average Bonchev–Trinajstić information content (AvgIpc) is 3.21. The summed E-state index contributed by atoms with van der Waals surface area (Å²) in [4.78, 5) is 5.84. The largest absolute Gasteiger partial charge is 0.467 e. The highest BCUT2D eigenvalue weighted by Crippen LogP contribution is 2.23. The van der Waals surface area contributed by atoms with Gasteiger partial charge in [0, 0.05) is 30.9 Å². The van der Waals surface area contributed by atoms with E-state index in [-0.39, 0.29) is 6.04 Å². The molecule has 0 saturated heterocycles. The van der Waals surface area contributed by atoms with Crippen molar-refractivity contribution in [2.24, 2.45) is 7.05 Å². The lowest BCUT2D eigenvalue weighted by atomic mass is 10.1. The Morgan fingerprint density at radius 3 is 3.00 bits per heavy atom. The molecule has 0 saturated carbocycles. The van der Waals surface area contributed by atoms with Crippen LogP contribution in [-0.2, 0) is 20.0 Å². The molecule has 3 heterocycles. The third-order valence-electron chi connectivity index (χ3n) is 3.63. The van der Waals surface area contributed by atoms with Crippen LogP contribution in [0.5, 0.6) is 0 Å². The molecule has 0 fully saturated rings. The summed E-state index contributed by atoms with van der Waals surface area (Å²) in [7, 11) is 2.00. The summed E-state index contributed by atoms with van der Waals surface area (Å²) in [5.41, 5.74) is 1.41. The SMILES string of the molecule is CCc1ccsc1CNC(c1ccco1)c1nccn1C. The second-order valence-corrected chi connectivity index (χ2v) is 5.95. The van der Waals surface area contributed by atoms with Gasteiger partial charge < -0.3 is 8.98 Å². The summed E-state index contributed by atoms with van der Waals surface area (Å²) in [5.74, 6) is 1.85. The molecule has 0 amide bonds. The van der Waals surface area contributed by atoms with Crippen LogP contribution in [-0.4, -0.2) is 9.55 Å². The summed E-state index contributed by atoms with van der Waals surface area (Å²) >= 11 is 1.79. The number of aryl methyl sites for hydroxylation is 2. The molecule has 21 heavy (non-hydrogen) atoms. The van der Waals surface area contributed by atoms with Gasteiger partial charge in [-0.25, -0.2) is 4.98 Å². The molecule has 0 bridgehead atoms. The van der Waals surface area contributed by atoms with E-state index in [4.69, 9.17) is 4.42 Å². The van der Waals surface area contributed by atoms with Crippen molar-refractivity contribution >= 4 is 11.3 Å². The number of imidazole rings is 1. The molecule has 0 radical (unpaired) electrons. The number of hydrogen-bond acceptors (Lipinski definition) is 4. The molecule has 1 unspecified atom stereocenters. The smallest absolute Gasteiger partial charge is 0.133 e. The first-order valence-corrected chi connectivity index (χ1v) is 7.96. The molecule has 0 aliphatic heterocycles. The van der Waals surface area contributed by atoms with Crippen LogP contribution in [0.15, 0.2) is 46.7 Å². The lowest BCUT2D eigenvalue weighted by molar-refractivity contribution is 0.430. The first-order chi connectivity index (χ1) is 10.3. The molecule has 0 spiro atoms. The maximum Gasteiger partial charge on any atom is 0.133 e. The fourth-order valence-electron chi connectivity index (χ4n) is 2.46. The minimum Gasteiger partial charge on any atom is -0.467 e. The molecule has 3 rings (SSSR count). The summed E-state index contributed by atoms with van der Waals surface area (Å²) in [6.07, 6.45) is 6.54. The van der Waals surface area contributed by atoms with Gasteiger partial charge in [0.15, 0.2) is 0 Å². The van der Waals surface area contributed by atoms with Crippen molar-refractivity contribution in [1.29, 1.82) is 0 Å². The Labute approximate surface area is 128 Å². The Morgan fingerprint density at radius 2 is 2.33 bits per heavy atom. The van der Waals surface area contributed by atoms with E-state index in [1.165, 1.54) is 10.4 Å². The van der Waals surface area contributed by atoms with E-state index in [1.807, 2.05) is 36.1 Å². The van der Waals surface area contributed by atoms with Gasteiger partial charge in [-0.15, -0.1) is 11.3 Å². The zero-order valence-corrected chi connectivity index (χ0v) is 13.1. The van der Waals surface area contributed by atoms with Crippen LogP contribution in [0.25, 0.3) is 0 Å². The van der Waals surface area contributed by atoms with E-state index in [2.05, 4.69) is 28.7 Å². The highest BCUT2D eigenvalue weighted by molar-refractivity contribution is 7.10. The summed E-state index contributed by atoms with van der Waals surface area (Å²) in [6.45, 7) is 3.01. The highest BCUT2D eigenvalue weighted by atomic mass is 32.1. The van der Waals surface area contributed by atoms with E-state index in [0.717, 1.165) is 24.6 Å². The second-order valence-electron chi connectivity index (χ2n) is 4.95. The monoisotopic (exact) mass is 301 g/mol. The molecule has 0 aromatic carbocycles. The van der Waals surface area contributed by atoms with Crippen molar-refractivity contribution in [3.8, 4) is 0 Å². The highest BCUT2D eigenvalue weighted by Gasteiger charge is 2.20. The van der Waals surface area contributed by atoms with Crippen LogP contribution < -0.4 is 5.32 Å². The first kappa shape index (κ1) is 14.1. The predicted octanol–water partition coefficient (Wildman–Crippen LogP) is 3.52. The molecule has 1 N–H and O–H groups in total. The number of aromatic nitrogens is 2. The van der Waals surface area contributed by atoms with Gasteiger partial charge in [-0.05, 0) is 35.6 Å². The van der Waals surface area contributed by atoms with Crippen molar-refractivity contribution in [1.82, 2.24) is 14.9 Å². The van der Waals surface area contributed by atoms with Crippen LogP contribution in [0.2, 0.25) is 0 Å². The molecular weight excluding hydrogens is 282 g/mol. The van der Waals surface area contributed by atoms with Crippen LogP contribution in [0.1, 0.15) is 35.0 Å². The van der Waals surface area contributed by atoms with E-state index < -0.39 is 0 Å². The summed E-state index contributed by atoms with van der Waals surface area (Å²) < 4.78 is 7.61. The van der Waals surface area contributed by atoms with Crippen molar-refractivity contribution < 1.29 is 4.42 Å². The molecule has 4 nitrogen and oxygen atoms in total. The van der Waals surface area contributed by atoms with Crippen LogP contribution in [0, 0.1) is 0 Å². The van der Waals surface area contributed by atoms with Gasteiger partial charge in [0.1, 0.15) is 17.6 Å². The van der Waals surface area contributed by atoms with Crippen molar-refractivity contribution in [3.05, 3.63) is 64.3 Å². The van der Waals surface area contributed by atoms with Gasteiger partial charge in [-0.3, -0.25) is 5.32 Å². The van der Waals surface area contributed by atoms with E-state index in [0.29, 0.717) is 0 Å². The van der Waals surface area contributed by atoms with Crippen molar-refractivity contribution in [3.63, 3.8) is 0 Å². The number of rotatable bonds is 6. The molecule has 5 heteroatoms. The Hall–Kier alpha value is -1.85. The normalized spacial score (nSPS) is 12.7. The number of furan rings is 1. The number of thiophene rings is 1. The molecule has 0 aliphatic rings. The maximum absolute atomic E-state index is 5.59. The average molecular weight is 301 g/mol. The Bertz CT molecular complexity index is 684. The number of hydrogen-bond donors (Lipinski definition) is 1. The Balaban J connectivity index is 1.82. The quantitative estimate of drug-likeness (QED) is 0.757. The minimum atomic E-state index is -0.0354. The van der Waals surface area contributed by atoms with Gasteiger partial charge in [0.25, 0.3) is 0 Å². The fraction of sp³-hybridized carbons (Fsp3) is 0.312. The van der Waals surface area contributed by atoms with E-state index in [9.17, 15) is 0 Å². The Kier molecular flexibility index (Phi) is 4.22. The topological polar surface area (TPSA) is 43.0 Å².